The van der Waals surface area contributed by atoms with Crippen LogP contribution in [0.3, 0.4) is 0 Å². The van der Waals surface area contributed by atoms with Crippen LogP contribution in [-0.4, -0.2) is 16.5 Å². The van der Waals surface area contributed by atoms with Crippen LogP contribution in [0.5, 0.6) is 0 Å². The lowest BCUT2D eigenvalue weighted by atomic mass is 9.45. The maximum Gasteiger partial charge on any atom is 0.137 e. The van der Waals surface area contributed by atoms with Gasteiger partial charge in [0.15, 0.2) is 0 Å². The van der Waals surface area contributed by atoms with E-state index in [1.165, 1.54) is 32.1 Å². The molecule has 0 unspecified atom stereocenters. The zero-order valence-electron chi connectivity index (χ0n) is 19.5. The van der Waals surface area contributed by atoms with Crippen LogP contribution in [0.25, 0.3) is 0 Å². The highest BCUT2D eigenvalue weighted by Gasteiger charge is 2.61. The van der Waals surface area contributed by atoms with E-state index < -0.39 is 5.60 Å². The second kappa shape index (κ2) is 7.50. The largest absolute Gasteiger partial charge is 0.390 e. The van der Waals surface area contributed by atoms with Crippen molar-refractivity contribution in [3.05, 3.63) is 12.2 Å². The van der Waals surface area contributed by atoms with Crippen molar-refractivity contribution in [1.29, 1.82) is 0 Å². The van der Waals surface area contributed by atoms with Crippen molar-refractivity contribution >= 4 is 5.78 Å². The average Bonchev–Trinajstić information content (AvgIpc) is 2.98. The van der Waals surface area contributed by atoms with Gasteiger partial charge in [-0.05, 0) is 99.2 Å². The SMILES string of the molecule is C[C@H](CCCC(C)(C)O)[C@H]1CC[C@H]2[C@@H]3CC(=O)[C@H]4CC=CC[C@]4(C)[C@H]3CC[C@]12C. The van der Waals surface area contributed by atoms with Gasteiger partial charge in [-0.25, -0.2) is 0 Å². The van der Waals surface area contributed by atoms with E-state index in [0.29, 0.717) is 17.1 Å². The Morgan fingerprint density at radius 1 is 1.14 bits per heavy atom. The molecule has 0 saturated heterocycles. The molecule has 0 spiro atoms. The molecule has 29 heavy (non-hydrogen) atoms. The van der Waals surface area contributed by atoms with Crippen LogP contribution in [0.4, 0.5) is 0 Å². The zero-order valence-corrected chi connectivity index (χ0v) is 19.5. The van der Waals surface area contributed by atoms with Gasteiger partial charge in [-0.3, -0.25) is 4.79 Å². The smallest absolute Gasteiger partial charge is 0.137 e. The van der Waals surface area contributed by atoms with Crippen LogP contribution >= 0.6 is 0 Å². The predicted octanol–water partition coefficient (Wildman–Crippen LogP) is 6.57. The third-order valence-electron chi connectivity index (χ3n) is 10.2. The Hall–Kier alpha value is -0.630. The van der Waals surface area contributed by atoms with E-state index in [9.17, 15) is 9.90 Å². The lowest BCUT2D eigenvalue weighted by Gasteiger charge is -2.59. The third-order valence-corrected chi connectivity index (χ3v) is 10.2. The van der Waals surface area contributed by atoms with Crippen molar-refractivity contribution < 1.29 is 9.90 Å². The maximum absolute atomic E-state index is 13.2. The van der Waals surface area contributed by atoms with Gasteiger partial charge >= 0.3 is 0 Å². The summed E-state index contributed by atoms with van der Waals surface area (Å²) < 4.78 is 0. The Kier molecular flexibility index (Phi) is 5.59. The molecule has 0 aromatic carbocycles. The molecule has 1 N–H and O–H groups in total. The first-order valence-corrected chi connectivity index (χ1v) is 12.5. The molecule has 4 rings (SSSR count). The highest BCUT2D eigenvalue weighted by atomic mass is 16.3. The number of carbonyl (C=O) groups is 1. The number of fused-ring (bicyclic) bond motifs is 5. The second-order valence-electron chi connectivity index (χ2n) is 12.4. The van der Waals surface area contributed by atoms with E-state index in [4.69, 9.17) is 0 Å². The van der Waals surface area contributed by atoms with Gasteiger partial charge in [0.05, 0.1) is 5.60 Å². The fraction of sp³-hybridized carbons (Fsp3) is 0.889. The van der Waals surface area contributed by atoms with Gasteiger partial charge in [0, 0.05) is 12.3 Å². The molecule has 0 aliphatic heterocycles. The molecule has 0 aromatic heterocycles. The summed E-state index contributed by atoms with van der Waals surface area (Å²) in [4.78, 5) is 13.2. The molecule has 0 radical (unpaired) electrons. The first-order chi connectivity index (χ1) is 13.6. The van der Waals surface area contributed by atoms with Crippen molar-refractivity contribution in [2.24, 2.45) is 46.3 Å². The average molecular weight is 401 g/mol. The maximum atomic E-state index is 13.2. The lowest BCUT2D eigenvalue weighted by Crippen LogP contribution is -2.55. The molecule has 0 heterocycles. The van der Waals surface area contributed by atoms with Crippen LogP contribution in [-0.2, 0) is 4.79 Å². The molecular weight excluding hydrogens is 356 g/mol. The standard InChI is InChI=1S/C27H44O2/c1-18(9-8-14-25(2,3)29)20-11-12-21-19-17-24(28)23-10-6-7-15-26(23,4)22(19)13-16-27(20,21)5/h6-7,18-23,29H,8-17H2,1-5H3/t18-,19+,20-,21+,22+,23-,26-,27-/m1/s1. The Labute approximate surface area is 178 Å². The first kappa shape index (κ1) is 21.6. The Balaban J connectivity index is 1.49. The van der Waals surface area contributed by atoms with Crippen LogP contribution < -0.4 is 0 Å². The van der Waals surface area contributed by atoms with E-state index >= 15 is 0 Å². The lowest BCUT2D eigenvalue weighted by molar-refractivity contribution is -0.149. The van der Waals surface area contributed by atoms with Crippen LogP contribution in [0, 0.1) is 46.3 Å². The van der Waals surface area contributed by atoms with Gasteiger partial charge in [-0.1, -0.05) is 45.8 Å². The van der Waals surface area contributed by atoms with E-state index in [1.807, 2.05) is 13.8 Å². The fourth-order valence-corrected chi connectivity index (χ4v) is 8.69. The molecule has 8 atom stereocenters. The molecule has 3 fully saturated rings. The Morgan fingerprint density at radius 2 is 1.86 bits per heavy atom. The molecule has 3 saturated carbocycles. The monoisotopic (exact) mass is 400 g/mol. The minimum Gasteiger partial charge on any atom is -0.390 e. The van der Waals surface area contributed by atoms with Crippen molar-refractivity contribution in [1.82, 2.24) is 0 Å². The molecule has 4 aliphatic rings. The highest BCUT2D eigenvalue weighted by Crippen LogP contribution is 2.67. The van der Waals surface area contributed by atoms with Gasteiger partial charge in [0.2, 0.25) is 0 Å². The van der Waals surface area contributed by atoms with E-state index in [1.54, 1.807) is 0 Å². The Bertz CT molecular complexity index is 658. The molecule has 2 nitrogen and oxygen atoms in total. The molecule has 2 heteroatoms. The van der Waals surface area contributed by atoms with Gasteiger partial charge in [-0.2, -0.15) is 0 Å². The number of carbonyl (C=O) groups excluding carboxylic acids is 1. The molecule has 0 bridgehead atoms. The topological polar surface area (TPSA) is 37.3 Å². The van der Waals surface area contributed by atoms with Crippen molar-refractivity contribution in [2.75, 3.05) is 0 Å². The molecule has 0 amide bonds. The van der Waals surface area contributed by atoms with Crippen LogP contribution in [0.2, 0.25) is 0 Å². The number of hydrogen-bond acceptors (Lipinski definition) is 2. The quantitative estimate of drug-likeness (QED) is 0.530. The molecule has 164 valence electrons. The molecule has 4 aliphatic carbocycles. The molecule has 0 aromatic rings. The summed E-state index contributed by atoms with van der Waals surface area (Å²) in [5.74, 6) is 4.50. The number of Topliss-reactive ketones (excluding diaryl/α,β-unsaturated/α-hetero) is 1. The van der Waals surface area contributed by atoms with E-state index in [0.717, 1.165) is 55.8 Å². The summed E-state index contributed by atoms with van der Waals surface area (Å²) in [7, 11) is 0. The first-order valence-electron chi connectivity index (χ1n) is 12.5. The minimum absolute atomic E-state index is 0.215. The third kappa shape index (κ3) is 3.66. The molecular formula is C27H44O2. The minimum atomic E-state index is -0.539. The highest BCUT2D eigenvalue weighted by molar-refractivity contribution is 5.83. The van der Waals surface area contributed by atoms with Gasteiger partial charge < -0.3 is 5.11 Å². The Morgan fingerprint density at radius 3 is 2.59 bits per heavy atom. The predicted molar refractivity (Wildman–Crippen MR) is 119 cm³/mol. The summed E-state index contributed by atoms with van der Waals surface area (Å²) >= 11 is 0. The number of allylic oxidation sites excluding steroid dienone is 2. The summed E-state index contributed by atoms with van der Waals surface area (Å²) in [5, 5.41) is 10.1. The zero-order chi connectivity index (χ0) is 21.0. The van der Waals surface area contributed by atoms with Crippen LogP contribution in [0.1, 0.15) is 98.8 Å². The van der Waals surface area contributed by atoms with Crippen molar-refractivity contribution in [2.45, 2.75) is 104 Å². The van der Waals surface area contributed by atoms with Crippen LogP contribution in [0.15, 0.2) is 12.2 Å². The number of rotatable bonds is 5. The van der Waals surface area contributed by atoms with E-state index in [2.05, 4.69) is 32.9 Å². The summed E-state index contributed by atoms with van der Waals surface area (Å²) in [6.45, 7) is 11.4. The van der Waals surface area contributed by atoms with Crippen molar-refractivity contribution in [3.8, 4) is 0 Å². The number of hydrogen-bond donors (Lipinski definition) is 1. The van der Waals surface area contributed by atoms with Crippen molar-refractivity contribution in [3.63, 3.8) is 0 Å². The summed E-state index contributed by atoms with van der Waals surface area (Å²) in [6.07, 6.45) is 16.2. The normalized spacial score (nSPS) is 45.4. The van der Waals surface area contributed by atoms with Gasteiger partial charge in [0.1, 0.15) is 5.78 Å². The van der Waals surface area contributed by atoms with Gasteiger partial charge in [-0.15, -0.1) is 0 Å². The second-order valence-corrected chi connectivity index (χ2v) is 12.4. The summed E-state index contributed by atoms with van der Waals surface area (Å²) in [5.41, 5.74) is 0.0958. The van der Waals surface area contributed by atoms with E-state index in [-0.39, 0.29) is 11.3 Å². The number of ketones is 1. The van der Waals surface area contributed by atoms with Gasteiger partial charge in [0.25, 0.3) is 0 Å². The summed E-state index contributed by atoms with van der Waals surface area (Å²) in [6, 6.07) is 0. The number of aliphatic hydroxyl groups is 1. The fourth-order valence-electron chi connectivity index (χ4n) is 8.69.